The summed E-state index contributed by atoms with van der Waals surface area (Å²) >= 11 is 0. The van der Waals surface area contributed by atoms with Crippen LogP contribution >= 0.6 is 0 Å². The molecule has 0 aromatic heterocycles. The Labute approximate surface area is 184 Å². The highest BCUT2D eigenvalue weighted by molar-refractivity contribution is 5.27. The molecule has 2 aliphatic rings. The minimum absolute atomic E-state index is 0.0679. The molecule has 1 aromatic rings. The fraction of sp³-hybridized carbons (Fsp3) is 0.741. The third kappa shape index (κ3) is 6.32. The van der Waals surface area contributed by atoms with Crippen LogP contribution in [0, 0.1) is 22.7 Å². The second-order valence-corrected chi connectivity index (χ2v) is 9.65. The lowest BCUT2D eigenvalue weighted by Crippen LogP contribution is -2.27. The van der Waals surface area contributed by atoms with Crippen molar-refractivity contribution in [1.29, 1.82) is 5.26 Å². The summed E-state index contributed by atoms with van der Waals surface area (Å²) in [7, 11) is 0. The Morgan fingerprint density at radius 1 is 0.900 bits per heavy atom. The Hall–Kier alpha value is -1.37. The highest BCUT2D eigenvalue weighted by Gasteiger charge is 2.35. The molecule has 0 N–H and O–H groups in total. The monoisotopic (exact) mass is 411 g/mol. The van der Waals surface area contributed by atoms with Crippen molar-refractivity contribution in [1.82, 2.24) is 0 Å². The third-order valence-corrected chi connectivity index (χ3v) is 7.27. The number of benzene rings is 1. The van der Waals surface area contributed by atoms with Crippen LogP contribution < -0.4 is 0 Å². The molecule has 30 heavy (non-hydrogen) atoms. The number of hydrogen-bond acceptors (Lipinski definition) is 3. The van der Waals surface area contributed by atoms with E-state index in [4.69, 9.17) is 9.47 Å². The molecule has 0 atom stereocenters. The third-order valence-electron chi connectivity index (χ3n) is 7.27. The van der Waals surface area contributed by atoms with E-state index in [0.717, 1.165) is 57.3 Å². The first-order chi connectivity index (χ1) is 14.7. The molecule has 1 saturated heterocycles. The van der Waals surface area contributed by atoms with Gasteiger partial charge in [0, 0.05) is 11.5 Å². The fourth-order valence-corrected chi connectivity index (χ4v) is 5.26. The maximum absolute atomic E-state index is 9.63. The Morgan fingerprint density at radius 2 is 1.53 bits per heavy atom. The summed E-state index contributed by atoms with van der Waals surface area (Å²) in [6.45, 7) is 6.08. The summed E-state index contributed by atoms with van der Waals surface area (Å²) in [4.78, 5) is 0. The van der Waals surface area contributed by atoms with Gasteiger partial charge in [0.25, 0.3) is 0 Å². The summed E-state index contributed by atoms with van der Waals surface area (Å²) < 4.78 is 12.1. The molecule has 0 bridgehead atoms. The van der Waals surface area contributed by atoms with Crippen LogP contribution in [0.4, 0.5) is 0 Å². The van der Waals surface area contributed by atoms with Gasteiger partial charge in [-0.3, -0.25) is 0 Å². The first kappa shape index (κ1) is 23.3. The van der Waals surface area contributed by atoms with Crippen molar-refractivity contribution in [3.8, 4) is 6.07 Å². The zero-order valence-electron chi connectivity index (χ0n) is 19.2. The van der Waals surface area contributed by atoms with Crippen LogP contribution in [0.2, 0.25) is 0 Å². The van der Waals surface area contributed by atoms with Crippen molar-refractivity contribution in [2.45, 2.75) is 103 Å². The maximum atomic E-state index is 9.63. The Bertz CT molecular complexity index is 646. The van der Waals surface area contributed by atoms with E-state index in [1.54, 1.807) is 0 Å². The van der Waals surface area contributed by atoms with Crippen LogP contribution in [-0.2, 0) is 9.47 Å². The van der Waals surface area contributed by atoms with E-state index in [9.17, 15) is 5.26 Å². The van der Waals surface area contributed by atoms with Crippen LogP contribution in [0.1, 0.15) is 114 Å². The minimum atomic E-state index is -0.211. The SMILES string of the molecule is CCCCCCCC1COC(c2ccc(C3CCC(C#N)(CCC)CC3)cc2)OC1. The van der Waals surface area contributed by atoms with E-state index >= 15 is 0 Å². The molecule has 3 nitrogen and oxygen atoms in total. The lowest BCUT2D eigenvalue weighted by molar-refractivity contribution is -0.206. The molecule has 1 heterocycles. The number of ether oxygens (including phenoxy) is 2. The molecular weight excluding hydrogens is 370 g/mol. The van der Waals surface area contributed by atoms with Gasteiger partial charge in [0.2, 0.25) is 0 Å². The van der Waals surface area contributed by atoms with Crippen LogP contribution in [0.15, 0.2) is 24.3 Å². The van der Waals surface area contributed by atoms with Crippen LogP contribution in [0.25, 0.3) is 0 Å². The molecule has 2 fully saturated rings. The van der Waals surface area contributed by atoms with Gasteiger partial charge in [-0.15, -0.1) is 0 Å². The van der Waals surface area contributed by atoms with Gasteiger partial charge in [0.05, 0.1) is 24.7 Å². The van der Waals surface area contributed by atoms with E-state index in [-0.39, 0.29) is 11.7 Å². The topological polar surface area (TPSA) is 42.2 Å². The van der Waals surface area contributed by atoms with Gasteiger partial charge in [-0.1, -0.05) is 76.6 Å². The van der Waals surface area contributed by atoms with Gasteiger partial charge in [0.1, 0.15) is 0 Å². The zero-order chi connectivity index (χ0) is 21.2. The highest BCUT2D eigenvalue weighted by atomic mass is 16.7. The molecule has 1 aliphatic heterocycles. The normalized spacial score (nSPS) is 29.4. The molecule has 166 valence electrons. The van der Waals surface area contributed by atoms with E-state index in [2.05, 4.69) is 44.2 Å². The quantitative estimate of drug-likeness (QED) is 0.371. The summed E-state index contributed by atoms with van der Waals surface area (Å²) in [6, 6.07) is 11.5. The summed E-state index contributed by atoms with van der Waals surface area (Å²) in [5, 5.41) is 9.63. The Balaban J connectivity index is 1.43. The summed E-state index contributed by atoms with van der Waals surface area (Å²) in [6.07, 6.45) is 14.1. The molecule has 1 saturated carbocycles. The van der Waals surface area contributed by atoms with Crippen LogP contribution in [-0.4, -0.2) is 13.2 Å². The molecule has 0 amide bonds. The van der Waals surface area contributed by atoms with Gasteiger partial charge in [0.15, 0.2) is 6.29 Å². The van der Waals surface area contributed by atoms with E-state index in [0.29, 0.717) is 11.8 Å². The average Bonchev–Trinajstić information content (AvgIpc) is 2.80. The largest absolute Gasteiger partial charge is 0.348 e. The smallest absolute Gasteiger partial charge is 0.183 e. The van der Waals surface area contributed by atoms with Crippen molar-refractivity contribution < 1.29 is 9.47 Å². The minimum Gasteiger partial charge on any atom is -0.348 e. The Kier molecular flexibility index (Phi) is 9.22. The summed E-state index contributed by atoms with van der Waals surface area (Å²) in [5.74, 6) is 1.13. The second kappa shape index (κ2) is 11.9. The van der Waals surface area contributed by atoms with Crippen molar-refractivity contribution in [2.75, 3.05) is 13.2 Å². The highest BCUT2D eigenvalue weighted by Crippen LogP contribution is 2.45. The molecular formula is C27H41NO2. The molecule has 3 rings (SSSR count). The second-order valence-electron chi connectivity index (χ2n) is 9.65. The lowest BCUT2D eigenvalue weighted by atomic mass is 9.68. The first-order valence-electron chi connectivity index (χ1n) is 12.4. The van der Waals surface area contributed by atoms with Gasteiger partial charge < -0.3 is 9.47 Å². The zero-order valence-corrected chi connectivity index (χ0v) is 19.2. The van der Waals surface area contributed by atoms with Gasteiger partial charge in [-0.2, -0.15) is 5.26 Å². The van der Waals surface area contributed by atoms with E-state index in [1.807, 2.05) is 0 Å². The lowest BCUT2D eigenvalue weighted by Gasteiger charge is -2.35. The average molecular weight is 412 g/mol. The van der Waals surface area contributed by atoms with E-state index in [1.165, 1.54) is 44.1 Å². The maximum Gasteiger partial charge on any atom is 0.183 e. The summed E-state index contributed by atoms with van der Waals surface area (Å²) in [5.41, 5.74) is 2.47. The van der Waals surface area contributed by atoms with Crippen molar-refractivity contribution in [3.63, 3.8) is 0 Å². The number of nitrogens with zero attached hydrogens (tertiary/aromatic N) is 1. The number of rotatable bonds is 10. The first-order valence-corrected chi connectivity index (χ1v) is 12.4. The van der Waals surface area contributed by atoms with Crippen molar-refractivity contribution >= 4 is 0 Å². The standard InChI is InChI=1S/C27H41NO2/c1-3-5-6-7-8-9-22-19-29-26(30-20-22)25-12-10-23(11-13-25)24-14-17-27(21-28,16-4-2)18-15-24/h10-13,22,24,26H,3-9,14-20H2,1-2H3. The fourth-order valence-electron chi connectivity index (χ4n) is 5.26. The van der Waals surface area contributed by atoms with E-state index < -0.39 is 0 Å². The molecule has 1 aromatic carbocycles. The predicted octanol–water partition coefficient (Wildman–Crippen LogP) is 7.68. The van der Waals surface area contributed by atoms with Crippen molar-refractivity contribution in [3.05, 3.63) is 35.4 Å². The van der Waals surface area contributed by atoms with Gasteiger partial charge in [-0.25, -0.2) is 0 Å². The van der Waals surface area contributed by atoms with Gasteiger partial charge in [-0.05, 0) is 50.0 Å². The van der Waals surface area contributed by atoms with Crippen LogP contribution in [0.3, 0.4) is 0 Å². The molecule has 0 radical (unpaired) electrons. The predicted molar refractivity (Wildman–Crippen MR) is 122 cm³/mol. The molecule has 0 unspecified atom stereocenters. The number of nitriles is 1. The van der Waals surface area contributed by atoms with Gasteiger partial charge >= 0.3 is 0 Å². The Morgan fingerprint density at radius 3 is 2.13 bits per heavy atom. The van der Waals surface area contributed by atoms with Crippen molar-refractivity contribution in [2.24, 2.45) is 11.3 Å². The molecule has 3 heteroatoms. The van der Waals surface area contributed by atoms with Crippen LogP contribution in [0.5, 0.6) is 0 Å². The number of hydrogen-bond donors (Lipinski definition) is 0. The number of unbranched alkanes of at least 4 members (excludes halogenated alkanes) is 4. The molecule has 0 spiro atoms. The molecule has 1 aliphatic carbocycles.